The molecule has 1 aromatic heterocycles. The molecule has 1 aliphatic heterocycles. The van der Waals surface area contributed by atoms with Crippen molar-refractivity contribution in [1.29, 1.82) is 0 Å². The number of fused-ring (bicyclic) bond motifs is 1. The van der Waals surface area contributed by atoms with E-state index in [-0.39, 0.29) is 17.7 Å². The van der Waals surface area contributed by atoms with Gasteiger partial charge in [-0.1, -0.05) is 24.2 Å². The van der Waals surface area contributed by atoms with Crippen molar-refractivity contribution in [2.45, 2.75) is 45.1 Å². The number of aromatic nitrogens is 1. The highest BCUT2D eigenvalue weighted by Gasteiger charge is 2.38. The summed E-state index contributed by atoms with van der Waals surface area (Å²) in [5.41, 5.74) is 0.837. The number of amides is 2. The fourth-order valence-electron chi connectivity index (χ4n) is 3.90. The molecule has 0 bridgehead atoms. The Kier molecular flexibility index (Phi) is 4.80. The van der Waals surface area contributed by atoms with Gasteiger partial charge in [0.2, 0.25) is 11.8 Å². The Hall–Kier alpha value is -2.15. The number of anilines is 1. The largest absolute Gasteiger partial charge is 0.494 e. The molecule has 2 aliphatic rings. The summed E-state index contributed by atoms with van der Waals surface area (Å²) >= 11 is 1.43. The molecule has 6 nitrogen and oxygen atoms in total. The summed E-state index contributed by atoms with van der Waals surface area (Å²) in [4.78, 5) is 31.3. The van der Waals surface area contributed by atoms with Gasteiger partial charge in [-0.05, 0) is 38.0 Å². The number of benzene rings is 1. The first-order valence-electron chi connectivity index (χ1n) is 9.27. The molecule has 1 saturated carbocycles. The van der Waals surface area contributed by atoms with Crippen LogP contribution in [0, 0.1) is 5.92 Å². The van der Waals surface area contributed by atoms with Crippen LogP contribution in [0.2, 0.25) is 0 Å². The van der Waals surface area contributed by atoms with E-state index in [0.717, 1.165) is 28.8 Å². The van der Waals surface area contributed by atoms with E-state index in [9.17, 15) is 9.59 Å². The topological polar surface area (TPSA) is 71.5 Å². The Bertz CT molecular complexity index is 829. The molecule has 0 unspecified atom stereocenters. The highest BCUT2D eigenvalue weighted by Crippen LogP contribution is 2.32. The molecule has 1 saturated heterocycles. The van der Waals surface area contributed by atoms with Crippen molar-refractivity contribution in [1.82, 2.24) is 9.88 Å². The van der Waals surface area contributed by atoms with E-state index in [1.54, 1.807) is 0 Å². The van der Waals surface area contributed by atoms with Gasteiger partial charge < -0.3 is 15.0 Å². The number of hydrogen-bond donors (Lipinski definition) is 1. The van der Waals surface area contributed by atoms with Gasteiger partial charge in [-0.3, -0.25) is 9.59 Å². The Morgan fingerprint density at radius 2 is 2.19 bits per heavy atom. The lowest BCUT2D eigenvalue weighted by Gasteiger charge is -2.23. The van der Waals surface area contributed by atoms with Crippen LogP contribution in [0.1, 0.15) is 39.0 Å². The van der Waals surface area contributed by atoms with Crippen molar-refractivity contribution in [3.05, 3.63) is 18.2 Å². The smallest absolute Gasteiger partial charge is 0.231 e. The average molecular weight is 373 g/mol. The van der Waals surface area contributed by atoms with Crippen molar-refractivity contribution in [3.8, 4) is 5.75 Å². The molecule has 1 aromatic carbocycles. The van der Waals surface area contributed by atoms with E-state index in [4.69, 9.17) is 4.74 Å². The van der Waals surface area contributed by atoms with Gasteiger partial charge in [-0.2, -0.15) is 0 Å². The molecular formula is C19H23N3O3S. The maximum Gasteiger partial charge on any atom is 0.231 e. The van der Waals surface area contributed by atoms with Crippen LogP contribution in [0.3, 0.4) is 0 Å². The zero-order valence-corrected chi connectivity index (χ0v) is 15.7. The Balaban J connectivity index is 1.43. The summed E-state index contributed by atoms with van der Waals surface area (Å²) in [6.07, 6.45) is 4.81. The van der Waals surface area contributed by atoms with Gasteiger partial charge in [-0.25, -0.2) is 4.98 Å². The molecule has 2 aromatic rings. The van der Waals surface area contributed by atoms with Gasteiger partial charge >= 0.3 is 0 Å². The predicted octanol–water partition coefficient (Wildman–Crippen LogP) is 3.42. The fourth-order valence-corrected chi connectivity index (χ4v) is 4.80. The van der Waals surface area contributed by atoms with Crippen LogP contribution >= 0.6 is 11.3 Å². The first kappa shape index (κ1) is 17.3. The third kappa shape index (κ3) is 3.40. The molecule has 7 heteroatoms. The van der Waals surface area contributed by atoms with Crippen LogP contribution in [-0.2, 0) is 9.59 Å². The normalized spacial score (nSPS) is 20.9. The van der Waals surface area contributed by atoms with Crippen molar-refractivity contribution < 1.29 is 14.3 Å². The van der Waals surface area contributed by atoms with E-state index in [1.165, 1.54) is 24.2 Å². The van der Waals surface area contributed by atoms with Crippen LogP contribution in [-0.4, -0.2) is 40.9 Å². The molecular weight excluding hydrogens is 350 g/mol. The third-order valence-electron chi connectivity index (χ3n) is 5.20. The first-order valence-corrected chi connectivity index (χ1v) is 10.1. The van der Waals surface area contributed by atoms with Crippen LogP contribution in [0.25, 0.3) is 10.2 Å². The molecule has 1 atom stereocenters. The maximum absolute atomic E-state index is 12.6. The molecule has 26 heavy (non-hydrogen) atoms. The summed E-state index contributed by atoms with van der Waals surface area (Å²) in [5, 5.41) is 3.48. The minimum absolute atomic E-state index is 0.108. The number of nitrogens with zero attached hydrogens (tertiary/aromatic N) is 2. The zero-order chi connectivity index (χ0) is 18.1. The molecule has 0 radical (unpaired) electrons. The van der Waals surface area contributed by atoms with Gasteiger partial charge in [0, 0.05) is 19.0 Å². The van der Waals surface area contributed by atoms with Crippen LogP contribution in [0.4, 0.5) is 5.13 Å². The van der Waals surface area contributed by atoms with E-state index in [1.807, 2.05) is 30.0 Å². The number of ether oxygens (including phenoxy) is 1. The van der Waals surface area contributed by atoms with Gasteiger partial charge in [0.05, 0.1) is 22.7 Å². The van der Waals surface area contributed by atoms with Gasteiger partial charge in [0.25, 0.3) is 0 Å². The van der Waals surface area contributed by atoms with E-state index >= 15 is 0 Å². The lowest BCUT2D eigenvalue weighted by Crippen LogP contribution is -2.35. The molecule has 4 rings (SSSR count). The number of nitrogens with one attached hydrogen (secondary N) is 1. The second kappa shape index (κ2) is 7.23. The van der Waals surface area contributed by atoms with Gasteiger partial charge in [0.1, 0.15) is 5.75 Å². The lowest BCUT2D eigenvalue weighted by molar-refractivity contribution is -0.129. The van der Waals surface area contributed by atoms with Gasteiger partial charge in [0.15, 0.2) is 5.13 Å². The molecule has 1 aliphatic carbocycles. The number of hydrogen-bond acceptors (Lipinski definition) is 5. The first-order chi connectivity index (χ1) is 12.6. The quantitative estimate of drug-likeness (QED) is 0.872. The van der Waals surface area contributed by atoms with Crippen LogP contribution < -0.4 is 10.1 Å². The molecule has 2 fully saturated rings. The maximum atomic E-state index is 12.6. The third-order valence-corrected chi connectivity index (χ3v) is 6.13. The van der Waals surface area contributed by atoms with Crippen molar-refractivity contribution in [2.75, 3.05) is 18.5 Å². The lowest BCUT2D eigenvalue weighted by atomic mass is 10.1. The molecule has 0 spiro atoms. The number of carbonyl (C=O) groups is 2. The molecule has 2 heterocycles. The summed E-state index contributed by atoms with van der Waals surface area (Å²) in [6.45, 7) is 3.09. The highest BCUT2D eigenvalue weighted by atomic mass is 32.1. The SMILES string of the molecule is CCOc1ccc2nc(NC(=O)[C@H]3CC(=O)N(C4CCCC4)C3)sc2c1. The van der Waals surface area contributed by atoms with Crippen molar-refractivity contribution in [3.63, 3.8) is 0 Å². The predicted molar refractivity (Wildman–Crippen MR) is 101 cm³/mol. The van der Waals surface area contributed by atoms with Crippen molar-refractivity contribution >= 4 is 38.5 Å². The van der Waals surface area contributed by atoms with E-state index in [0.29, 0.717) is 30.7 Å². The number of likely N-dealkylation sites (tertiary alicyclic amines) is 1. The van der Waals surface area contributed by atoms with Crippen molar-refractivity contribution in [2.24, 2.45) is 5.92 Å². The number of carbonyl (C=O) groups excluding carboxylic acids is 2. The molecule has 2 amide bonds. The van der Waals surface area contributed by atoms with E-state index < -0.39 is 0 Å². The standard InChI is InChI=1S/C19H23N3O3S/c1-2-25-14-7-8-15-16(10-14)26-19(20-15)21-18(24)12-9-17(23)22(11-12)13-5-3-4-6-13/h7-8,10,12-13H,2-6,9,11H2,1H3,(H,20,21,24)/t12-/m0/s1. The van der Waals surface area contributed by atoms with E-state index in [2.05, 4.69) is 10.3 Å². The summed E-state index contributed by atoms with van der Waals surface area (Å²) in [7, 11) is 0. The Morgan fingerprint density at radius 1 is 1.38 bits per heavy atom. The minimum Gasteiger partial charge on any atom is -0.494 e. The van der Waals surface area contributed by atoms with Gasteiger partial charge in [-0.15, -0.1) is 0 Å². The summed E-state index contributed by atoms with van der Waals surface area (Å²) in [5.74, 6) is 0.523. The number of thiazole rings is 1. The summed E-state index contributed by atoms with van der Waals surface area (Å²) in [6, 6.07) is 6.05. The minimum atomic E-state index is -0.283. The molecule has 138 valence electrons. The second-order valence-corrected chi connectivity index (χ2v) is 7.99. The zero-order valence-electron chi connectivity index (χ0n) is 14.9. The Labute approximate surface area is 156 Å². The molecule has 1 N–H and O–H groups in total. The van der Waals surface area contributed by atoms with Crippen LogP contribution in [0.15, 0.2) is 18.2 Å². The van der Waals surface area contributed by atoms with Crippen LogP contribution in [0.5, 0.6) is 5.75 Å². The second-order valence-electron chi connectivity index (χ2n) is 6.96. The summed E-state index contributed by atoms with van der Waals surface area (Å²) < 4.78 is 6.48. The average Bonchev–Trinajstić information content (AvgIpc) is 3.33. The fraction of sp³-hybridized carbons (Fsp3) is 0.526. The number of rotatable bonds is 5. The monoisotopic (exact) mass is 373 g/mol. The Morgan fingerprint density at radius 3 is 2.96 bits per heavy atom. The highest BCUT2D eigenvalue weighted by molar-refractivity contribution is 7.22.